The number of rotatable bonds is 4. The molecule has 0 saturated heterocycles. The molecule has 1 aliphatic heterocycles. The molecule has 0 N–H and O–H groups in total. The number of pyridine rings is 1. The molecule has 1 atom stereocenters. The average Bonchev–Trinajstić information content (AvgIpc) is 2.80. The lowest BCUT2D eigenvalue weighted by Gasteiger charge is -2.25. The van der Waals surface area contributed by atoms with Gasteiger partial charge in [-0.3, -0.25) is 9.88 Å². The van der Waals surface area contributed by atoms with Gasteiger partial charge in [-0.1, -0.05) is 6.07 Å². The molecule has 112 valence electrons. The summed E-state index contributed by atoms with van der Waals surface area (Å²) in [7, 11) is 4.28. The summed E-state index contributed by atoms with van der Waals surface area (Å²) in [5, 5.41) is 0. The van der Waals surface area contributed by atoms with Gasteiger partial charge in [0.25, 0.3) is 0 Å². The van der Waals surface area contributed by atoms with Gasteiger partial charge in [0, 0.05) is 50.7 Å². The van der Waals surface area contributed by atoms with Gasteiger partial charge < -0.3 is 9.47 Å². The standard InChI is InChI=1S/C16H23N5/c1-19(2)9-14-10-20(12-15-5-3-4-6-17-15)13-16-18-7-8-21(16)11-14/h3-8,14H,9-13H2,1-2H3. The van der Waals surface area contributed by atoms with Gasteiger partial charge in [-0.05, 0) is 26.2 Å². The topological polar surface area (TPSA) is 37.2 Å². The molecule has 3 rings (SSSR count). The third-order valence-electron chi connectivity index (χ3n) is 3.87. The Kier molecular flexibility index (Phi) is 4.31. The zero-order valence-electron chi connectivity index (χ0n) is 12.8. The molecule has 2 aromatic rings. The Morgan fingerprint density at radius 1 is 1.19 bits per heavy atom. The summed E-state index contributed by atoms with van der Waals surface area (Å²) in [4.78, 5) is 13.7. The van der Waals surface area contributed by atoms with Crippen molar-refractivity contribution in [3.8, 4) is 0 Å². The van der Waals surface area contributed by atoms with Crippen LogP contribution in [0.15, 0.2) is 36.8 Å². The second kappa shape index (κ2) is 6.37. The van der Waals surface area contributed by atoms with Crippen molar-refractivity contribution in [3.05, 3.63) is 48.3 Å². The summed E-state index contributed by atoms with van der Waals surface area (Å²) in [6.07, 6.45) is 5.87. The normalized spacial score (nSPS) is 19.5. The Bertz CT molecular complexity index is 563. The van der Waals surface area contributed by atoms with E-state index in [1.54, 1.807) is 0 Å². The number of fused-ring (bicyclic) bond motifs is 1. The molecule has 2 aromatic heterocycles. The Labute approximate surface area is 126 Å². The largest absolute Gasteiger partial charge is 0.333 e. The van der Waals surface area contributed by atoms with Crippen molar-refractivity contribution in [2.75, 3.05) is 27.2 Å². The highest BCUT2D eigenvalue weighted by molar-refractivity contribution is 5.04. The summed E-state index contributed by atoms with van der Waals surface area (Å²) in [5.74, 6) is 1.77. The molecule has 21 heavy (non-hydrogen) atoms. The van der Waals surface area contributed by atoms with Gasteiger partial charge in [0.05, 0.1) is 12.2 Å². The van der Waals surface area contributed by atoms with E-state index in [4.69, 9.17) is 0 Å². The van der Waals surface area contributed by atoms with Crippen LogP contribution < -0.4 is 0 Å². The fourth-order valence-corrected chi connectivity index (χ4v) is 3.10. The minimum absolute atomic E-state index is 0.610. The molecule has 0 spiro atoms. The van der Waals surface area contributed by atoms with Crippen LogP contribution in [-0.4, -0.2) is 51.5 Å². The summed E-state index contributed by atoms with van der Waals surface area (Å²) >= 11 is 0. The third kappa shape index (κ3) is 3.68. The quantitative estimate of drug-likeness (QED) is 0.852. The SMILES string of the molecule is CN(C)CC1CN(Cc2ccccn2)Cc2nccn2C1. The molecule has 1 unspecified atom stereocenters. The van der Waals surface area contributed by atoms with E-state index in [0.717, 1.165) is 44.2 Å². The van der Waals surface area contributed by atoms with Crippen molar-refractivity contribution >= 4 is 0 Å². The van der Waals surface area contributed by atoms with Crippen molar-refractivity contribution in [3.63, 3.8) is 0 Å². The number of imidazole rings is 1. The van der Waals surface area contributed by atoms with Crippen molar-refractivity contribution in [2.24, 2.45) is 5.92 Å². The van der Waals surface area contributed by atoms with Crippen LogP contribution in [0.2, 0.25) is 0 Å². The van der Waals surface area contributed by atoms with Gasteiger partial charge >= 0.3 is 0 Å². The maximum atomic E-state index is 4.51. The number of hydrogen-bond acceptors (Lipinski definition) is 4. The lowest BCUT2D eigenvalue weighted by atomic mass is 10.1. The maximum Gasteiger partial charge on any atom is 0.122 e. The van der Waals surface area contributed by atoms with E-state index >= 15 is 0 Å². The van der Waals surface area contributed by atoms with Crippen LogP contribution in [0.1, 0.15) is 11.5 Å². The highest BCUT2D eigenvalue weighted by Crippen LogP contribution is 2.17. The molecule has 0 aromatic carbocycles. The first kappa shape index (κ1) is 14.2. The maximum absolute atomic E-state index is 4.51. The van der Waals surface area contributed by atoms with Gasteiger partial charge in [-0.25, -0.2) is 4.98 Å². The Balaban J connectivity index is 1.76. The highest BCUT2D eigenvalue weighted by Gasteiger charge is 2.23. The van der Waals surface area contributed by atoms with Crippen LogP contribution in [0.25, 0.3) is 0 Å². The van der Waals surface area contributed by atoms with Crippen LogP contribution in [-0.2, 0) is 19.6 Å². The van der Waals surface area contributed by atoms with Gasteiger partial charge in [0.2, 0.25) is 0 Å². The van der Waals surface area contributed by atoms with Gasteiger partial charge in [0.1, 0.15) is 5.82 Å². The van der Waals surface area contributed by atoms with E-state index in [2.05, 4.69) is 56.8 Å². The van der Waals surface area contributed by atoms with Crippen LogP contribution >= 0.6 is 0 Å². The summed E-state index contributed by atoms with van der Waals surface area (Å²) < 4.78 is 2.30. The van der Waals surface area contributed by atoms with Gasteiger partial charge in [0.15, 0.2) is 0 Å². The number of hydrogen-bond donors (Lipinski definition) is 0. The molecule has 0 saturated carbocycles. The molecule has 0 bridgehead atoms. The lowest BCUT2D eigenvalue weighted by molar-refractivity contribution is 0.192. The number of aromatic nitrogens is 3. The second-order valence-electron chi connectivity index (χ2n) is 6.11. The molecular weight excluding hydrogens is 262 g/mol. The summed E-state index contributed by atoms with van der Waals surface area (Å²) in [6.45, 7) is 5.01. The minimum atomic E-state index is 0.610. The van der Waals surface area contributed by atoms with Crippen LogP contribution in [0.4, 0.5) is 0 Å². The average molecular weight is 285 g/mol. The van der Waals surface area contributed by atoms with E-state index in [-0.39, 0.29) is 0 Å². The minimum Gasteiger partial charge on any atom is -0.333 e. The van der Waals surface area contributed by atoms with E-state index in [1.807, 2.05) is 18.5 Å². The van der Waals surface area contributed by atoms with Crippen LogP contribution in [0, 0.1) is 5.92 Å². The highest BCUT2D eigenvalue weighted by atomic mass is 15.2. The van der Waals surface area contributed by atoms with Crippen LogP contribution in [0.3, 0.4) is 0 Å². The van der Waals surface area contributed by atoms with E-state index in [0.29, 0.717) is 5.92 Å². The smallest absolute Gasteiger partial charge is 0.122 e. The van der Waals surface area contributed by atoms with E-state index < -0.39 is 0 Å². The molecule has 0 fully saturated rings. The van der Waals surface area contributed by atoms with E-state index in [9.17, 15) is 0 Å². The molecule has 5 heteroatoms. The fraction of sp³-hybridized carbons (Fsp3) is 0.500. The molecule has 3 heterocycles. The molecule has 0 radical (unpaired) electrons. The first-order valence-electron chi connectivity index (χ1n) is 7.47. The molecule has 0 aliphatic carbocycles. The summed E-state index contributed by atoms with van der Waals surface area (Å²) in [5.41, 5.74) is 1.13. The molecule has 1 aliphatic rings. The summed E-state index contributed by atoms with van der Waals surface area (Å²) in [6, 6.07) is 6.12. The first-order valence-corrected chi connectivity index (χ1v) is 7.47. The molecule has 5 nitrogen and oxygen atoms in total. The Hall–Kier alpha value is -1.72. The number of nitrogens with zero attached hydrogens (tertiary/aromatic N) is 5. The monoisotopic (exact) mass is 285 g/mol. The third-order valence-corrected chi connectivity index (χ3v) is 3.87. The van der Waals surface area contributed by atoms with Crippen molar-refractivity contribution < 1.29 is 0 Å². The van der Waals surface area contributed by atoms with Gasteiger partial charge in [-0.15, -0.1) is 0 Å². The molecule has 0 amide bonds. The van der Waals surface area contributed by atoms with Crippen LogP contribution in [0.5, 0.6) is 0 Å². The zero-order valence-corrected chi connectivity index (χ0v) is 12.8. The van der Waals surface area contributed by atoms with Crippen molar-refractivity contribution in [1.82, 2.24) is 24.3 Å². The zero-order chi connectivity index (χ0) is 14.7. The molecular formula is C16H23N5. The first-order chi connectivity index (χ1) is 10.2. The fourth-order valence-electron chi connectivity index (χ4n) is 3.10. The van der Waals surface area contributed by atoms with E-state index in [1.165, 1.54) is 0 Å². The Morgan fingerprint density at radius 2 is 2.10 bits per heavy atom. The Morgan fingerprint density at radius 3 is 2.86 bits per heavy atom. The van der Waals surface area contributed by atoms with Crippen molar-refractivity contribution in [1.29, 1.82) is 0 Å². The second-order valence-corrected chi connectivity index (χ2v) is 6.11. The van der Waals surface area contributed by atoms with Crippen molar-refractivity contribution in [2.45, 2.75) is 19.6 Å². The predicted molar refractivity (Wildman–Crippen MR) is 82.6 cm³/mol. The lowest BCUT2D eigenvalue weighted by Crippen LogP contribution is -2.33. The predicted octanol–water partition coefficient (Wildman–Crippen LogP) is 1.47. The van der Waals surface area contributed by atoms with Gasteiger partial charge in [-0.2, -0.15) is 0 Å².